The molecule has 7 nitrogen and oxygen atoms in total. The number of nitrogens with zero attached hydrogens (tertiary/aromatic N) is 4. The van der Waals surface area contributed by atoms with Crippen molar-refractivity contribution < 1.29 is 4.79 Å². The van der Waals surface area contributed by atoms with E-state index in [2.05, 4.69) is 6.92 Å². The van der Waals surface area contributed by atoms with Crippen LogP contribution in [0.15, 0.2) is 46.0 Å². The lowest BCUT2D eigenvalue weighted by Gasteiger charge is -2.33. The number of aryl methyl sites for hydroxylation is 1. The third-order valence-corrected chi connectivity index (χ3v) is 5.96. The zero-order valence-corrected chi connectivity index (χ0v) is 17.1. The molecule has 0 aliphatic carbocycles. The molecule has 3 aromatic rings. The van der Waals surface area contributed by atoms with Gasteiger partial charge in [0.25, 0.3) is 11.5 Å². The molecule has 4 rings (SSSR count). The highest BCUT2D eigenvalue weighted by atomic mass is 16.2. The molecule has 0 spiro atoms. The van der Waals surface area contributed by atoms with Crippen LogP contribution in [-0.2, 0) is 20.6 Å². The molecule has 3 heterocycles. The fourth-order valence-electron chi connectivity index (χ4n) is 4.29. The molecule has 2 aromatic heterocycles. The van der Waals surface area contributed by atoms with E-state index in [1.807, 2.05) is 39.8 Å². The zero-order chi connectivity index (χ0) is 20.7. The van der Waals surface area contributed by atoms with Crippen LogP contribution in [0, 0.1) is 0 Å². The van der Waals surface area contributed by atoms with Crippen molar-refractivity contribution in [3.05, 3.63) is 68.5 Å². The van der Waals surface area contributed by atoms with Gasteiger partial charge in [0.1, 0.15) is 11.3 Å². The second-order valence-corrected chi connectivity index (χ2v) is 7.89. The molecule has 0 radical (unpaired) electrons. The maximum Gasteiger partial charge on any atom is 0.332 e. The quantitative estimate of drug-likeness (QED) is 0.683. The number of amides is 1. The third-order valence-electron chi connectivity index (χ3n) is 5.96. The van der Waals surface area contributed by atoms with Gasteiger partial charge in [0.2, 0.25) is 0 Å². The van der Waals surface area contributed by atoms with Crippen LogP contribution in [-0.4, -0.2) is 37.1 Å². The Bertz CT molecular complexity index is 1190. The Morgan fingerprint density at radius 3 is 2.48 bits per heavy atom. The van der Waals surface area contributed by atoms with Gasteiger partial charge in [0, 0.05) is 33.2 Å². The van der Waals surface area contributed by atoms with Crippen molar-refractivity contribution in [3.63, 3.8) is 0 Å². The predicted octanol–water partition coefficient (Wildman–Crippen LogP) is 2.10. The summed E-state index contributed by atoms with van der Waals surface area (Å²) in [6.45, 7) is 3.19. The van der Waals surface area contributed by atoms with E-state index in [9.17, 15) is 14.4 Å². The van der Waals surface area contributed by atoms with Crippen molar-refractivity contribution in [3.8, 4) is 0 Å². The van der Waals surface area contributed by atoms with E-state index in [0.717, 1.165) is 29.4 Å². The van der Waals surface area contributed by atoms with Gasteiger partial charge in [-0.15, -0.1) is 0 Å². The SMILES string of the molecule is CC1CCCCN1C(=O)c1cc2c(=O)n(C)c(=O)n(C)c2n1Cc1ccccc1. The first kappa shape index (κ1) is 19.2. The largest absolute Gasteiger partial charge is 0.335 e. The van der Waals surface area contributed by atoms with Gasteiger partial charge in [-0.1, -0.05) is 30.3 Å². The molecule has 0 N–H and O–H groups in total. The molecule has 1 unspecified atom stereocenters. The average molecular weight is 394 g/mol. The minimum atomic E-state index is -0.403. The van der Waals surface area contributed by atoms with Crippen LogP contribution < -0.4 is 11.2 Å². The number of rotatable bonds is 3. The molecule has 1 amide bonds. The second kappa shape index (κ2) is 7.39. The average Bonchev–Trinajstić information content (AvgIpc) is 3.10. The number of hydrogen-bond acceptors (Lipinski definition) is 3. The number of fused-ring (bicyclic) bond motifs is 1. The Labute approximate surface area is 168 Å². The fourth-order valence-corrected chi connectivity index (χ4v) is 4.29. The monoisotopic (exact) mass is 394 g/mol. The molecule has 0 bridgehead atoms. The molecule has 1 aromatic carbocycles. The van der Waals surface area contributed by atoms with Crippen LogP contribution in [0.5, 0.6) is 0 Å². The fraction of sp³-hybridized carbons (Fsp3) is 0.409. The Balaban J connectivity index is 1.95. The minimum absolute atomic E-state index is 0.0844. The molecular formula is C22H26N4O3. The second-order valence-electron chi connectivity index (χ2n) is 7.89. The standard InChI is InChI=1S/C22H26N4O3/c1-15-9-7-8-12-25(15)21(28)18-13-17-19(23(2)22(29)24(3)20(17)27)26(18)14-16-10-5-4-6-11-16/h4-6,10-11,13,15H,7-9,12,14H2,1-3H3. The Morgan fingerprint density at radius 1 is 1.07 bits per heavy atom. The Hall–Kier alpha value is -3.09. The topological polar surface area (TPSA) is 69.2 Å². The minimum Gasteiger partial charge on any atom is -0.335 e. The lowest BCUT2D eigenvalue weighted by atomic mass is 10.0. The number of carbonyl (C=O) groups is 1. The normalized spacial score (nSPS) is 17.1. The van der Waals surface area contributed by atoms with Gasteiger partial charge in [-0.25, -0.2) is 4.79 Å². The van der Waals surface area contributed by atoms with Crippen LogP contribution in [0.3, 0.4) is 0 Å². The first-order chi connectivity index (χ1) is 13.9. The molecule has 1 saturated heterocycles. The van der Waals surface area contributed by atoms with E-state index in [4.69, 9.17) is 0 Å². The number of carbonyl (C=O) groups excluding carboxylic acids is 1. The van der Waals surface area contributed by atoms with Crippen molar-refractivity contribution in [1.29, 1.82) is 0 Å². The van der Waals surface area contributed by atoms with Gasteiger partial charge >= 0.3 is 5.69 Å². The van der Waals surface area contributed by atoms with Crippen LogP contribution in [0.1, 0.15) is 42.2 Å². The molecular weight excluding hydrogens is 368 g/mol. The molecule has 1 atom stereocenters. The predicted molar refractivity (Wildman–Crippen MR) is 112 cm³/mol. The summed E-state index contributed by atoms with van der Waals surface area (Å²) in [7, 11) is 3.11. The van der Waals surface area contributed by atoms with E-state index in [1.54, 1.807) is 13.1 Å². The summed E-state index contributed by atoms with van der Waals surface area (Å²) >= 11 is 0. The van der Waals surface area contributed by atoms with E-state index in [-0.39, 0.29) is 17.5 Å². The van der Waals surface area contributed by atoms with Crippen molar-refractivity contribution in [2.24, 2.45) is 14.1 Å². The lowest BCUT2D eigenvalue weighted by Crippen LogP contribution is -2.42. The van der Waals surface area contributed by atoms with Crippen LogP contribution in [0.4, 0.5) is 0 Å². The summed E-state index contributed by atoms with van der Waals surface area (Å²) in [5.74, 6) is -0.0844. The molecule has 29 heavy (non-hydrogen) atoms. The van der Waals surface area contributed by atoms with Crippen LogP contribution in [0.25, 0.3) is 11.0 Å². The first-order valence-electron chi connectivity index (χ1n) is 10.0. The molecule has 1 aliphatic rings. The van der Waals surface area contributed by atoms with Crippen molar-refractivity contribution in [2.75, 3.05) is 6.54 Å². The summed E-state index contributed by atoms with van der Waals surface area (Å²) in [6, 6.07) is 11.6. The number of likely N-dealkylation sites (tertiary alicyclic amines) is 1. The van der Waals surface area contributed by atoms with Crippen molar-refractivity contribution in [1.82, 2.24) is 18.6 Å². The highest BCUT2D eigenvalue weighted by molar-refractivity contribution is 5.98. The van der Waals surface area contributed by atoms with E-state index in [1.165, 1.54) is 11.6 Å². The molecule has 1 aliphatic heterocycles. The Kier molecular flexibility index (Phi) is 4.90. The van der Waals surface area contributed by atoms with Crippen LogP contribution >= 0.6 is 0 Å². The molecule has 152 valence electrons. The summed E-state index contributed by atoms with van der Waals surface area (Å²) in [5.41, 5.74) is 1.15. The van der Waals surface area contributed by atoms with E-state index >= 15 is 0 Å². The van der Waals surface area contributed by atoms with Gasteiger partial charge in [0.05, 0.1) is 5.39 Å². The lowest BCUT2D eigenvalue weighted by molar-refractivity contribution is 0.0625. The Morgan fingerprint density at radius 2 is 1.79 bits per heavy atom. The maximum atomic E-state index is 13.5. The third kappa shape index (κ3) is 3.20. The van der Waals surface area contributed by atoms with Gasteiger partial charge < -0.3 is 9.47 Å². The summed E-state index contributed by atoms with van der Waals surface area (Å²) in [5, 5.41) is 0.388. The van der Waals surface area contributed by atoms with Crippen molar-refractivity contribution in [2.45, 2.75) is 38.8 Å². The summed E-state index contributed by atoms with van der Waals surface area (Å²) in [6.07, 6.45) is 3.08. The van der Waals surface area contributed by atoms with Gasteiger partial charge in [0.15, 0.2) is 0 Å². The van der Waals surface area contributed by atoms with Gasteiger partial charge in [-0.3, -0.25) is 18.7 Å². The van der Waals surface area contributed by atoms with Gasteiger partial charge in [-0.05, 0) is 37.8 Å². The number of hydrogen-bond donors (Lipinski definition) is 0. The summed E-state index contributed by atoms with van der Waals surface area (Å²) in [4.78, 5) is 40.7. The molecule has 1 fully saturated rings. The smallest absolute Gasteiger partial charge is 0.332 e. The summed E-state index contributed by atoms with van der Waals surface area (Å²) < 4.78 is 4.36. The molecule has 7 heteroatoms. The van der Waals surface area contributed by atoms with E-state index in [0.29, 0.717) is 29.8 Å². The van der Waals surface area contributed by atoms with Crippen molar-refractivity contribution >= 4 is 16.9 Å². The van der Waals surface area contributed by atoms with Crippen LogP contribution in [0.2, 0.25) is 0 Å². The van der Waals surface area contributed by atoms with E-state index < -0.39 is 5.69 Å². The number of piperidine rings is 1. The first-order valence-corrected chi connectivity index (χ1v) is 10.0. The number of benzene rings is 1. The molecule has 0 saturated carbocycles. The highest BCUT2D eigenvalue weighted by Crippen LogP contribution is 2.23. The van der Waals surface area contributed by atoms with Gasteiger partial charge in [-0.2, -0.15) is 0 Å². The number of aromatic nitrogens is 3. The highest BCUT2D eigenvalue weighted by Gasteiger charge is 2.29. The maximum absolute atomic E-state index is 13.5. The zero-order valence-electron chi connectivity index (χ0n) is 17.1.